The predicted molar refractivity (Wildman–Crippen MR) is 77.0 cm³/mol. The third-order valence-electron chi connectivity index (χ3n) is 3.17. The molecule has 1 atom stereocenters. The van der Waals surface area contributed by atoms with Crippen LogP contribution in [0.4, 0.5) is 0 Å². The van der Waals surface area contributed by atoms with Gasteiger partial charge in [0.25, 0.3) is 0 Å². The van der Waals surface area contributed by atoms with Gasteiger partial charge in [0.05, 0.1) is 30.4 Å². The van der Waals surface area contributed by atoms with Crippen molar-refractivity contribution in [2.75, 3.05) is 26.8 Å². The summed E-state index contributed by atoms with van der Waals surface area (Å²) in [6.07, 6.45) is -0.184. The minimum Gasteiger partial charge on any atom is -0.465 e. The van der Waals surface area contributed by atoms with Crippen LogP contribution in [0.1, 0.15) is 17.3 Å². The van der Waals surface area contributed by atoms with Crippen molar-refractivity contribution in [3.8, 4) is 0 Å². The molecule has 21 heavy (non-hydrogen) atoms. The second-order valence-electron chi connectivity index (χ2n) is 4.68. The van der Waals surface area contributed by atoms with Crippen molar-refractivity contribution >= 4 is 27.6 Å². The number of carbonyl (C=O) groups excluding carboxylic acids is 1. The number of benzene rings is 1. The van der Waals surface area contributed by atoms with Crippen LogP contribution in [0.2, 0.25) is 5.02 Å². The highest BCUT2D eigenvalue weighted by atomic mass is 35.5. The molecule has 0 unspecified atom stereocenters. The summed E-state index contributed by atoms with van der Waals surface area (Å²) in [5.74, 6) is -0.613. The monoisotopic (exact) mass is 333 g/mol. The topological polar surface area (TPSA) is 72.9 Å². The first-order valence-electron chi connectivity index (χ1n) is 6.36. The highest BCUT2D eigenvalue weighted by Crippen LogP contribution is 2.27. The third kappa shape index (κ3) is 3.37. The molecule has 1 aromatic rings. The Bertz CT molecular complexity index is 646. The molecule has 1 aromatic carbocycles. The van der Waals surface area contributed by atoms with E-state index in [9.17, 15) is 13.2 Å². The van der Waals surface area contributed by atoms with Crippen molar-refractivity contribution in [3.05, 3.63) is 28.8 Å². The maximum atomic E-state index is 12.7. The number of carbonyl (C=O) groups is 1. The van der Waals surface area contributed by atoms with Crippen LogP contribution >= 0.6 is 11.6 Å². The van der Waals surface area contributed by atoms with Crippen LogP contribution in [-0.4, -0.2) is 51.6 Å². The molecule has 1 saturated heterocycles. The molecule has 6 nitrogen and oxygen atoms in total. The van der Waals surface area contributed by atoms with E-state index in [0.29, 0.717) is 6.61 Å². The molecule has 0 N–H and O–H groups in total. The average molecular weight is 334 g/mol. The number of esters is 1. The van der Waals surface area contributed by atoms with Crippen LogP contribution < -0.4 is 0 Å². The van der Waals surface area contributed by atoms with Gasteiger partial charge in [-0.2, -0.15) is 4.31 Å². The summed E-state index contributed by atoms with van der Waals surface area (Å²) in [7, 11) is -2.55. The molecule has 0 aromatic heterocycles. The Morgan fingerprint density at radius 1 is 1.48 bits per heavy atom. The third-order valence-corrected chi connectivity index (χ3v) is 5.52. The van der Waals surface area contributed by atoms with E-state index in [4.69, 9.17) is 16.3 Å². The summed E-state index contributed by atoms with van der Waals surface area (Å²) < 4.78 is 36.5. The molecule has 0 aliphatic carbocycles. The number of nitrogens with zero attached hydrogens (tertiary/aromatic N) is 1. The lowest BCUT2D eigenvalue weighted by Crippen LogP contribution is -2.44. The lowest BCUT2D eigenvalue weighted by molar-refractivity contribution is 0.0102. The number of sulfonamides is 1. The lowest BCUT2D eigenvalue weighted by Gasteiger charge is -2.30. The largest absolute Gasteiger partial charge is 0.465 e. The number of ether oxygens (including phenoxy) is 2. The normalized spacial score (nSPS) is 20.2. The Kier molecular flexibility index (Phi) is 4.88. The molecule has 1 heterocycles. The minimum absolute atomic E-state index is 0.0711. The zero-order valence-corrected chi connectivity index (χ0v) is 13.3. The van der Waals surface area contributed by atoms with Gasteiger partial charge in [0.2, 0.25) is 10.0 Å². The van der Waals surface area contributed by atoms with Gasteiger partial charge in [0.1, 0.15) is 4.90 Å². The van der Waals surface area contributed by atoms with Crippen LogP contribution in [0, 0.1) is 0 Å². The molecule has 0 spiro atoms. The SMILES string of the molecule is COC(=O)c1ccc(Cl)c(S(=O)(=O)N2CCO[C@H](C)C2)c1. The van der Waals surface area contributed by atoms with E-state index < -0.39 is 16.0 Å². The van der Waals surface area contributed by atoms with Crippen LogP contribution in [0.5, 0.6) is 0 Å². The predicted octanol–water partition coefficient (Wildman–Crippen LogP) is 1.54. The molecule has 2 rings (SSSR count). The molecule has 0 radical (unpaired) electrons. The van der Waals surface area contributed by atoms with Gasteiger partial charge in [0.15, 0.2) is 0 Å². The van der Waals surface area contributed by atoms with E-state index in [-0.39, 0.29) is 34.7 Å². The number of hydrogen-bond donors (Lipinski definition) is 0. The van der Waals surface area contributed by atoms with E-state index in [1.54, 1.807) is 6.92 Å². The number of methoxy groups -OCH3 is 1. The van der Waals surface area contributed by atoms with E-state index in [1.165, 1.54) is 29.6 Å². The summed E-state index contributed by atoms with van der Waals surface area (Å²) >= 11 is 6.00. The van der Waals surface area contributed by atoms with E-state index in [2.05, 4.69) is 4.74 Å². The van der Waals surface area contributed by atoms with Crippen molar-refractivity contribution in [3.63, 3.8) is 0 Å². The number of rotatable bonds is 3. The molecule has 1 aliphatic rings. The van der Waals surface area contributed by atoms with Gasteiger partial charge >= 0.3 is 5.97 Å². The van der Waals surface area contributed by atoms with Crippen LogP contribution in [0.3, 0.4) is 0 Å². The molecule has 1 fully saturated rings. The fraction of sp³-hybridized carbons (Fsp3) is 0.462. The summed E-state index contributed by atoms with van der Waals surface area (Å²) in [5, 5.41) is 0.0711. The highest BCUT2D eigenvalue weighted by molar-refractivity contribution is 7.89. The first kappa shape index (κ1) is 16.2. The average Bonchev–Trinajstić information content (AvgIpc) is 2.46. The van der Waals surface area contributed by atoms with Crippen molar-refractivity contribution < 1.29 is 22.7 Å². The van der Waals surface area contributed by atoms with E-state index in [1.807, 2.05) is 0 Å². The molecule has 8 heteroatoms. The molecule has 116 valence electrons. The number of hydrogen-bond acceptors (Lipinski definition) is 5. The second kappa shape index (κ2) is 6.31. The molecular formula is C13H16ClNO5S. The van der Waals surface area contributed by atoms with Gasteiger partial charge in [-0.15, -0.1) is 0 Å². The zero-order chi connectivity index (χ0) is 15.6. The van der Waals surface area contributed by atoms with Gasteiger partial charge < -0.3 is 9.47 Å². The Hall–Kier alpha value is -1.15. The Labute approximate surface area is 128 Å². The summed E-state index contributed by atoms with van der Waals surface area (Å²) in [6.45, 7) is 2.63. The van der Waals surface area contributed by atoms with Crippen molar-refractivity contribution in [1.29, 1.82) is 0 Å². The fourth-order valence-electron chi connectivity index (χ4n) is 2.09. The standard InChI is InChI=1S/C13H16ClNO5S/c1-9-8-15(5-6-20-9)21(17,18)12-7-10(13(16)19-2)3-4-11(12)14/h3-4,7,9H,5-6,8H2,1-2H3/t9-/m1/s1. The maximum absolute atomic E-state index is 12.7. The Balaban J connectivity index is 2.41. The molecule has 1 aliphatic heterocycles. The first-order chi connectivity index (χ1) is 9.86. The second-order valence-corrected chi connectivity index (χ2v) is 6.99. The van der Waals surface area contributed by atoms with Crippen molar-refractivity contribution in [1.82, 2.24) is 4.31 Å². The fourth-order valence-corrected chi connectivity index (χ4v) is 4.09. The lowest BCUT2D eigenvalue weighted by atomic mass is 10.2. The summed E-state index contributed by atoms with van der Waals surface area (Å²) in [6, 6.07) is 4.04. The van der Waals surface area contributed by atoms with Crippen LogP contribution in [0.15, 0.2) is 23.1 Å². The zero-order valence-electron chi connectivity index (χ0n) is 11.7. The van der Waals surface area contributed by atoms with Crippen LogP contribution in [0.25, 0.3) is 0 Å². The number of morpholine rings is 1. The van der Waals surface area contributed by atoms with E-state index in [0.717, 1.165) is 0 Å². The summed E-state index contributed by atoms with van der Waals surface area (Å²) in [4.78, 5) is 11.4. The maximum Gasteiger partial charge on any atom is 0.337 e. The Morgan fingerprint density at radius 3 is 2.81 bits per heavy atom. The van der Waals surface area contributed by atoms with Gasteiger partial charge in [-0.3, -0.25) is 0 Å². The van der Waals surface area contributed by atoms with Gasteiger partial charge in [-0.1, -0.05) is 11.6 Å². The molecular weight excluding hydrogens is 318 g/mol. The highest BCUT2D eigenvalue weighted by Gasteiger charge is 2.31. The van der Waals surface area contributed by atoms with Crippen molar-refractivity contribution in [2.24, 2.45) is 0 Å². The minimum atomic E-state index is -3.78. The first-order valence-corrected chi connectivity index (χ1v) is 8.17. The van der Waals surface area contributed by atoms with Gasteiger partial charge in [-0.25, -0.2) is 13.2 Å². The summed E-state index contributed by atoms with van der Waals surface area (Å²) in [5.41, 5.74) is 0.141. The smallest absolute Gasteiger partial charge is 0.337 e. The molecule has 0 amide bonds. The van der Waals surface area contributed by atoms with Crippen molar-refractivity contribution in [2.45, 2.75) is 17.9 Å². The van der Waals surface area contributed by atoms with Crippen LogP contribution in [-0.2, 0) is 19.5 Å². The van der Waals surface area contributed by atoms with Gasteiger partial charge in [-0.05, 0) is 25.1 Å². The van der Waals surface area contributed by atoms with Gasteiger partial charge in [0, 0.05) is 13.1 Å². The quantitative estimate of drug-likeness (QED) is 0.784. The van der Waals surface area contributed by atoms with E-state index >= 15 is 0 Å². The number of halogens is 1. The molecule has 0 saturated carbocycles. The Morgan fingerprint density at radius 2 is 2.19 bits per heavy atom. The molecule has 0 bridgehead atoms.